The lowest BCUT2D eigenvalue weighted by Crippen LogP contribution is -2.64. The smallest absolute Gasteiger partial charge is 0.410 e. The summed E-state index contributed by atoms with van der Waals surface area (Å²) < 4.78 is 8.44. The molecule has 3 aliphatic rings. The van der Waals surface area contributed by atoms with Gasteiger partial charge < -0.3 is 9.64 Å². The number of imidazole rings is 1. The molecule has 3 fully saturated rings. The predicted octanol–water partition coefficient (Wildman–Crippen LogP) is 2.32. The largest absolute Gasteiger partial charge is 0.444 e. The second-order valence-electron chi connectivity index (χ2n) is 11.1. The zero-order chi connectivity index (χ0) is 25.1. The van der Waals surface area contributed by atoms with Crippen LogP contribution in [-0.4, -0.2) is 50.6 Å². The van der Waals surface area contributed by atoms with Crippen molar-refractivity contribution in [2.24, 2.45) is 18.4 Å². The highest BCUT2D eigenvalue weighted by Crippen LogP contribution is 2.51. The van der Waals surface area contributed by atoms with E-state index in [-0.39, 0.29) is 35.4 Å². The van der Waals surface area contributed by atoms with Crippen molar-refractivity contribution in [2.45, 2.75) is 58.1 Å². The third-order valence-electron chi connectivity index (χ3n) is 7.10. The van der Waals surface area contributed by atoms with E-state index in [2.05, 4.69) is 17.2 Å². The molecule has 1 spiro atoms. The van der Waals surface area contributed by atoms with Crippen molar-refractivity contribution in [3.8, 4) is 11.8 Å². The Hall–Kier alpha value is -3.54. The summed E-state index contributed by atoms with van der Waals surface area (Å²) in [4.78, 5) is 51.0. The van der Waals surface area contributed by atoms with Gasteiger partial charge in [0.1, 0.15) is 11.6 Å². The number of carbonyl (C=O) groups is 3. The molecule has 3 heterocycles. The topological polar surface area (TPSA) is 103 Å². The number of likely N-dealkylation sites (tertiary alicyclic amines) is 1. The number of para-hydroxylation sites is 1. The Balaban J connectivity index is 1.31. The minimum absolute atomic E-state index is 0.143. The molecule has 1 aromatic carbocycles. The zero-order valence-electron chi connectivity index (χ0n) is 20.5. The maximum absolute atomic E-state index is 13.0. The summed E-state index contributed by atoms with van der Waals surface area (Å²) in [5, 5.41) is 2.33. The molecule has 2 saturated heterocycles. The highest BCUT2D eigenvalue weighted by Gasteiger charge is 2.54. The third-order valence-corrected chi connectivity index (χ3v) is 7.10. The van der Waals surface area contributed by atoms with Gasteiger partial charge in [0.05, 0.1) is 16.6 Å². The van der Waals surface area contributed by atoms with Gasteiger partial charge in [0.25, 0.3) is 0 Å². The number of nitrogens with zero attached hydrogens (tertiary/aromatic N) is 3. The van der Waals surface area contributed by atoms with Crippen LogP contribution in [0.1, 0.15) is 58.1 Å². The van der Waals surface area contributed by atoms with Gasteiger partial charge in [-0.25, -0.2) is 9.59 Å². The van der Waals surface area contributed by atoms with Crippen molar-refractivity contribution in [1.29, 1.82) is 0 Å². The lowest BCUT2D eigenvalue weighted by atomic mass is 9.58. The lowest BCUT2D eigenvalue weighted by Gasteiger charge is -2.57. The van der Waals surface area contributed by atoms with Gasteiger partial charge in [0.2, 0.25) is 11.8 Å². The molecule has 184 valence electrons. The number of aromatic nitrogens is 2. The molecule has 1 aromatic heterocycles. The fraction of sp³-hybridized carbons (Fsp3) is 0.538. The molecule has 1 aliphatic carbocycles. The van der Waals surface area contributed by atoms with E-state index in [1.807, 2.05) is 39.0 Å². The standard InChI is InChI=1S/C26H30N4O5/c1-25(2,3)35-24(34)29-14-26(15-29)12-16(13-26)8-9-17-6-5-7-18-21(17)28(4)23(33)30(18)19-10-11-20(31)27-22(19)32/h5-7,16,19H,10-15H2,1-4H3,(H,27,31,32). The van der Waals surface area contributed by atoms with E-state index in [1.54, 1.807) is 11.9 Å². The van der Waals surface area contributed by atoms with Gasteiger partial charge in [0, 0.05) is 37.9 Å². The Morgan fingerprint density at radius 1 is 1.17 bits per heavy atom. The van der Waals surface area contributed by atoms with E-state index < -0.39 is 17.6 Å². The second kappa shape index (κ2) is 8.01. The number of ether oxygens (including phenoxy) is 1. The Kier molecular flexibility index (Phi) is 5.31. The Bertz CT molecular complexity index is 1350. The molecule has 9 heteroatoms. The van der Waals surface area contributed by atoms with Crippen LogP contribution >= 0.6 is 0 Å². The molecule has 5 rings (SSSR count). The number of hydrogen-bond acceptors (Lipinski definition) is 5. The summed E-state index contributed by atoms with van der Waals surface area (Å²) in [6, 6.07) is 4.81. The predicted molar refractivity (Wildman–Crippen MR) is 128 cm³/mol. The quantitative estimate of drug-likeness (QED) is 0.501. The van der Waals surface area contributed by atoms with Gasteiger partial charge in [-0.2, -0.15) is 0 Å². The molecular weight excluding hydrogens is 448 g/mol. The van der Waals surface area contributed by atoms with Crippen LogP contribution in [0.3, 0.4) is 0 Å². The Labute approximate surface area is 203 Å². The van der Waals surface area contributed by atoms with Gasteiger partial charge in [-0.3, -0.25) is 24.0 Å². The summed E-state index contributed by atoms with van der Waals surface area (Å²) >= 11 is 0. The van der Waals surface area contributed by atoms with E-state index >= 15 is 0 Å². The van der Waals surface area contributed by atoms with Crippen molar-refractivity contribution in [2.75, 3.05) is 13.1 Å². The first-order valence-corrected chi connectivity index (χ1v) is 12.0. The Morgan fingerprint density at radius 3 is 2.54 bits per heavy atom. The maximum Gasteiger partial charge on any atom is 0.410 e. The monoisotopic (exact) mass is 478 g/mol. The SMILES string of the molecule is Cn1c(=O)n(C2CCC(=O)NC2=O)c2cccc(C#CC3CC4(C3)CN(C(=O)OC(C)(C)C)C4)c21. The van der Waals surface area contributed by atoms with Crippen LogP contribution in [0.15, 0.2) is 23.0 Å². The van der Waals surface area contributed by atoms with Crippen LogP contribution in [0.2, 0.25) is 0 Å². The van der Waals surface area contributed by atoms with Crippen molar-refractivity contribution < 1.29 is 19.1 Å². The molecule has 1 N–H and O–H groups in total. The van der Waals surface area contributed by atoms with Gasteiger partial charge in [-0.05, 0) is 52.2 Å². The van der Waals surface area contributed by atoms with Crippen LogP contribution in [0.4, 0.5) is 4.79 Å². The fourth-order valence-electron chi connectivity index (χ4n) is 5.51. The normalized spacial score (nSPS) is 21.7. The summed E-state index contributed by atoms with van der Waals surface area (Å²) in [6.07, 6.45) is 2.11. The molecule has 2 aromatic rings. The molecule has 35 heavy (non-hydrogen) atoms. The maximum atomic E-state index is 13.0. The summed E-state index contributed by atoms with van der Waals surface area (Å²) in [5.74, 6) is 6.08. The molecule has 9 nitrogen and oxygen atoms in total. The first kappa shape index (κ1) is 23.2. The minimum atomic E-state index is -0.717. The summed E-state index contributed by atoms with van der Waals surface area (Å²) in [5.41, 5.74) is 1.40. The van der Waals surface area contributed by atoms with E-state index in [4.69, 9.17) is 4.74 Å². The van der Waals surface area contributed by atoms with Gasteiger partial charge in [-0.15, -0.1) is 0 Å². The average molecular weight is 479 g/mol. The number of imide groups is 1. The molecule has 1 unspecified atom stereocenters. The molecule has 0 radical (unpaired) electrons. The number of amides is 3. The number of carbonyl (C=O) groups excluding carboxylic acids is 3. The van der Waals surface area contributed by atoms with Gasteiger partial charge in [0.15, 0.2) is 0 Å². The molecule has 3 amide bonds. The van der Waals surface area contributed by atoms with E-state index in [0.717, 1.165) is 18.4 Å². The summed E-state index contributed by atoms with van der Waals surface area (Å²) in [7, 11) is 1.68. The van der Waals surface area contributed by atoms with Crippen LogP contribution in [0.5, 0.6) is 0 Å². The minimum Gasteiger partial charge on any atom is -0.444 e. The average Bonchev–Trinajstić information content (AvgIpc) is 2.95. The van der Waals surface area contributed by atoms with Crippen molar-refractivity contribution >= 4 is 28.9 Å². The first-order valence-electron chi connectivity index (χ1n) is 12.0. The highest BCUT2D eigenvalue weighted by molar-refractivity contribution is 6.00. The molecule has 1 saturated carbocycles. The van der Waals surface area contributed by atoms with Crippen molar-refractivity contribution in [1.82, 2.24) is 19.4 Å². The van der Waals surface area contributed by atoms with E-state index in [9.17, 15) is 19.2 Å². The number of benzene rings is 1. The summed E-state index contributed by atoms with van der Waals surface area (Å²) in [6.45, 7) is 7.01. The van der Waals surface area contributed by atoms with Crippen LogP contribution < -0.4 is 11.0 Å². The first-order chi connectivity index (χ1) is 16.5. The van der Waals surface area contributed by atoms with Gasteiger partial charge >= 0.3 is 11.8 Å². The number of hydrogen-bond donors (Lipinski definition) is 1. The Morgan fingerprint density at radius 2 is 1.89 bits per heavy atom. The number of rotatable bonds is 1. The number of fused-ring (bicyclic) bond motifs is 1. The van der Waals surface area contributed by atoms with Crippen LogP contribution in [0, 0.1) is 23.2 Å². The van der Waals surface area contributed by atoms with Crippen molar-refractivity contribution in [3.05, 3.63) is 34.2 Å². The molecule has 2 aliphatic heterocycles. The number of piperidine rings is 1. The van der Waals surface area contributed by atoms with E-state index in [1.165, 1.54) is 9.13 Å². The van der Waals surface area contributed by atoms with E-state index in [0.29, 0.717) is 30.5 Å². The lowest BCUT2D eigenvalue weighted by molar-refractivity contribution is -0.135. The zero-order valence-corrected chi connectivity index (χ0v) is 20.5. The number of nitrogens with one attached hydrogen (secondary N) is 1. The fourth-order valence-corrected chi connectivity index (χ4v) is 5.51. The molecule has 1 atom stereocenters. The van der Waals surface area contributed by atoms with Crippen molar-refractivity contribution in [3.63, 3.8) is 0 Å². The second-order valence-corrected chi connectivity index (χ2v) is 11.1. The molecular formula is C26H30N4O5. The highest BCUT2D eigenvalue weighted by atomic mass is 16.6. The van der Waals surface area contributed by atoms with Gasteiger partial charge in [-0.1, -0.05) is 17.9 Å². The van der Waals surface area contributed by atoms with Crippen LogP contribution in [-0.2, 0) is 21.4 Å². The third kappa shape index (κ3) is 4.11. The molecule has 0 bridgehead atoms. The number of aryl methyl sites for hydroxylation is 1. The van der Waals surface area contributed by atoms with Crippen LogP contribution in [0.25, 0.3) is 11.0 Å².